The van der Waals surface area contributed by atoms with Crippen molar-refractivity contribution < 1.29 is 26.4 Å². The highest BCUT2D eigenvalue weighted by molar-refractivity contribution is 7.90. The lowest BCUT2D eigenvalue weighted by molar-refractivity contribution is 0.0976. The van der Waals surface area contributed by atoms with Crippen molar-refractivity contribution in [3.8, 4) is 11.5 Å². The van der Waals surface area contributed by atoms with E-state index in [1.807, 2.05) is 13.8 Å². The second kappa shape index (κ2) is 12.4. The summed E-state index contributed by atoms with van der Waals surface area (Å²) in [6, 6.07) is 9.32. The highest BCUT2D eigenvalue weighted by Crippen LogP contribution is 2.31. The first-order valence-electron chi connectivity index (χ1n) is 10.7. The number of sulfonamides is 1. The van der Waals surface area contributed by atoms with E-state index in [0.717, 1.165) is 31.7 Å². The van der Waals surface area contributed by atoms with Gasteiger partial charge in [-0.3, -0.25) is 15.5 Å². The second-order valence-electron chi connectivity index (χ2n) is 8.85. The van der Waals surface area contributed by atoms with Gasteiger partial charge < -0.3 is 15.8 Å². The topological polar surface area (TPSA) is 181 Å². The molecule has 0 bridgehead atoms. The molecule has 206 valence electrons. The number of halogens is 2. The number of nitrogens with one attached hydrogen (secondary N) is 4. The van der Waals surface area contributed by atoms with Crippen molar-refractivity contribution in [1.82, 2.24) is 15.4 Å². The zero-order valence-corrected chi connectivity index (χ0v) is 23.7. The van der Waals surface area contributed by atoms with E-state index in [2.05, 4.69) is 15.4 Å². The van der Waals surface area contributed by atoms with Gasteiger partial charge in [-0.2, -0.15) is 0 Å². The van der Waals surface area contributed by atoms with Crippen LogP contribution in [0, 0.1) is 5.41 Å². The first kappa shape index (κ1) is 32.6. The fourth-order valence-corrected chi connectivity index (χ4v) is 6.07. The maximum atomic E-state index is 12.9. The van der Waals surface area contributed by atoms with Gasteiger partial charge in [0, 0.05) is 23.4 Å². The van der Waals surface area contributed by atoms with Crippen LogP contribution in [0.2, 0.25) is 0 Å². The summed E-state index contributed by atoms with van der Waals surface area (Å²) in [6.45, 7) is 4.51. The third kappa shape index (κ3) is 8.28. The molecule has 0 spiro atoms. The molecule has 15 heteroatoms. The molecule has 37 heavy (non-hydrogen) atoms. The largest absolute Gasteiger partial charge is 0.456 e. The third-order valence-electron chi connectivity index (χ3n) is 5.54. The van der Waals surface area contributed by atoms with Crippen LogP contribution in [0.5, 0.6) is 11.5 Å². The van der Waals surface area contributed by atoms with E-state index in [9.17, 15) is 21.6 Å². The van der Waals surface area contributed by atoms with Crippen molar-refractivity contribution in [2.75, 3.05) is 12.8 Å². The van der Waals surface area contributed by atoms with Crippen molar-refractivity contribution in [3.63, 3.8) is 0 Å². The Balaban J connectivity index is 0.00000342. The molecule has 0 aliphatic carbocycles. The van der Waals surface area contributed by atoms with Gasteiger partial charge in [0.1, 0.15) is 16.4 Å². The number of nitrogens with two attached hydrogens (primary N) is 1. The van der Waals surface area contributed by atoms with Crippen LogP contribution in [0.25, 0.3) is 0 Å². The van der Waals surface area contributed by atoms with Gasteiger partial charge in [0.25, 0.3) is 5.91 Å². The van der Waals surface area contributed by atoms with Crippen molar-refractivity contribution in [2.45, 2.75) is 48.1 Å². The molecule has 2 aromatic rings. The van der Waals surface area contributed by atoms with E-state index in [4.69, 9.17) is 15.9 Å². The van der Waals surface area contributed by atoms with Crippen LogP contribution in [0.3, 0.4) is 0 Å². The number of carbonyl (C=O) groups is 1. The van der Waals surface area contributed by atoms with Gasteiger partial charge in [0.15, 0.2) is 15.8 Å². The number of carbonyl (C=O) groups excluding carboxylic acids is 1. The van der Waals surface area contributed by atoms with Gasteiger partial charge in [0.2, 0.25) is 10.0 Å². The Hall–Kier alpha value is -2.42. The molecule has 11 nitrogen and oxygen atoms in total. The number of sulfone groups is 1. The Morgan fingerprint density at radius 2 is 1.73 bits per heavy atom. The number of hydrogen-bond donors (Lipinski definition) is 5. The molecule has 1 atom stereocenters. The number of ether oxygens (including phenoxy) is 1. The summed E-state index contributed by atoms with van der Waals surface area (Å²) < 4.78 is 58.9. The van der Waals surface area contributed by atoms with Gasteiger partial charge in [-0.25, -0.2) is 21.6 Å². The SMILES string of the molecule is CC(C)(NS(=O)(=O)c1ccc(Oc2ccc(C(=O)NC(=N)N)cc2S(C)(=O)=O)cc1)C1CCCN1.Cl.Cl. The lowest BCUT2D eigenvalue weighted by Crippen LogP contribution is -2.55. The summed E-state index contributed by atoms with van der Waals surface area (Å²) in [6.07, 6.45) is 2.82. The highest BCUT2D eigenvalue weighted by Gasteiger charge is 2.35. The average Bonchev–Trinajstić information content (AvgIpc) is 3.28. The van der Waals surface area contributed by atoms with Gasteiger partial charge in [-0.1, -0.05) is 0 Å². The number of hydrogen-bond acceptors (Lipinski definition) is 8. The molecule has 3 rings (SSSR count). The molecular formula is C22H31Cl2N5O6S2. The number of benzene rings is 2. The first-order chi connectivity index (χ1) is 16.2. The lowest BCUT2D eigenvalue weighted by Gasteiger charge is -2.32. The predicted molar refractivity (Wildman–Crippen MR) is 145 cm³/mol. The number of guanidine groups is 1. The summed E-state index contributed by atoms with van der Waals surface area (Å²) in [5.74, 6) is -1.17. The molecule has 1 heterocycles. The molecule has 0 saturated carbocycles. The standard InChI is InChI=1S/C22H29N5O6S2.2ClH/c1-22(2,19-5-4-12-25-19)27-35(31,32)16-9-7-15(8-10-16)33-17-11-6-14(20(28)26-21(23)24)13-18(17)34(3,29)30;;/h6-11,13,19,25,27H,4-5,12H2,1-3H3,(H4,23,24,26,28);2*1H. The normalized spacial score (nSPS) is 15.7. The first-order valence-corrected chi connectivity index (χ1v) is 14.1. The molecule has 0 radical (unpaired) electrons. The van der Waals surface area contributed by atoms with E-state index in [0.29, 0.717) is 0 Å². The van der Waals surface area contributed by atoms with Crippen LogP contribution in [0.4, 0.5) is 0 Å². The summed E-state index contributed by atoms with van der Waals surface area (Å²) in [7, 11) is -7.61. The van der Waals surface area contributed by atoms with Crippen molar-refractivity contribution in [1.29, 1.82) is 5.41 Å². The molecular weight excluding hydrogens is 565 g/mol. The second-order valence-corrected chi connectivity index (χ2v) is 12.5. The molecule has 1 aliphatic rings. The zero-order valence-electron chi connectivity index (χ0n) is 20.4. The fourth-order valence-electron chi connectivity index (χ4n) is 3.81. The van der Waals surface area contributed by atoms with Gasteiger partial charge in [0.05, 0.1) is 4.90 Å². The Bertz CT molecular complexity index is 1340. The Labute approximate surface area is 229 Å². The molecule has 0 aromatic heterocycles. The maximum absolute atomic E-state index is 12.9. The zero-order chi connectivity index (χ0) is 26.0. The van der Waals surface area contributed by atoms with Gasteiger partial charge in [-0.05, 0) is 75.7 Å². The van der Waals surface area contributed by atoms with E-state index in [-0.39, 0.29) is 57.7 Å². The van der Waals surface area contributed by atoms with Gasteiger partial charge in [-0.15, -0.1) is 24.8 Å². The quantitative estimate of drug-likeness (QED) is 0.227. The van der Waals surface area contributed by atoms with Crippen LogP contribution >= 0.6 is 24.8 Å². The molecule has 1 unspecified atom stereocenters. The molecule has 1 fully saturated rings. The van der Waals surface area contributed by atoms with Crippen molar-refractivity contribution in [3.05, 3.63) is 48.0 Å². The summed E-state index contributed by atoms with van der Waals surface area (Å²) >= 11 is 0. The monoisotopic (exact) mass is 595 g/mol. The molecule has 2 aromatic carbocycles. The minimum atomic E-state index is -3.81. The van der Waals surface area contributed by atoms with E-state index < -0.39 is 37.3 Å². The summed E-state index contributed by atoms with van der Waals surface area (Å²) in [5.41, 5.74) is 4.44. The van der Waals surface area contributed by atoms with E-state index >= 15 is 0 Å². The van der Waals surface area contributed by atoms with E-state index in [1.54, 1.807) is 0 Å². The van der Waals surface area contributed by atoms with Crippen LogP contribution in [0.15, 0.2) is 52.3 Å². The molecule has 1 amide bonds. The average molecular weight is 597 g/mol. The van der Waals surface area contributed by atoms with Crippen LogP contribution in [0.1, 0.15) is 37.0 Å². The Morgan fingerprint density at radius 3 is 2.24 bits per heavy atom. The minimum absolute atomic E-state index is 0. The lowest BCUT2D eigenvalue weighted by atomic mass is 9.95. The molecule has 1 aliphatic heterocycles. The minimum Gasteiger partial charge on any atom is -0.456 e. The van der Waals surface area contributed by atoms with Crippen molar-refractivity contribution >= 4 is 56.5 Å². The van der Waals surface area contributed by atoms with Crippen molar-refractivity contribution in [2.24, 2.45) is 5.73 Å². The molecule has 6 N–H and O–H groups in total. The van der Waals surface area contributed by atoms with Crippen LogP contribution in [-0.2, 0) is 19.9 Å². The highest BCUT2D eigenvalue weighted by atomic mass is 35.5. The fraction of sp³-hybridized carbons (Fsp3) is 0.364. The van der Waals surface area contributed by atoms with Crippen LogP contribution in [-0.4, -0.2) is 53.1 Å². The summed E-state index contributed by atoms with van der Waals surface area (Å²) in [5, 5.41) is 12.5. The Kier molecular flexibility index (Phi) is 10.9. The summed E-state index contributed by atoms with van der Waals surface area (Å²) in [4.78, 5) is 11.9. The third-order valence-corrected chi connectivity index (χ3v) is 8.35. The van der Waals surface area contributed by atoms with Gasteiger partial charge >= 0.3 is 0 Å². The number of rotatable bonds is 8. The smallest absolute Gasteiger partial charge is 0.257 e. The Morgan fingerprint density at radius 1 is 1.11 bits per heavy atom. The van der Waals surface area contributed by atoms with Crippen LogP contribution < -0.4 is 25.8 Å². The van der Waals surface area contributed by atoms with E-state index in [1.165, 1.54) is 36.4 Å². The predicted octanol–water partition coefficient (Wildman–Crippen LogP) is 2.16. The molecule has 1 saturated heterocycles. The maximum Gasteiger partial charge on any atom is 0.257 e. The number of amides is 1.